The van der Waals surface area contributed by atoms with Crippen molar-refractivity contribution in [3.8, 4) is 0 Å². The van der Waals surface area contributed by atoms with Crippen LogP contribution in [-0.4, -0.2) is 22.2 Å². The molecular formula is C18H22O4. The molecule has 2 N–H and O–H groups in total. The van der Waals surface area contributed by atoms with E-state index in [1.807, 2.05) is 30.4 Å². The molecule has 0 saturated heterocycles. The minimum absolute atomic E-state index is 0.222. The Balaban J connectivity index is 1.73. The van der Waals surface area contributed by atoms with Crippen LogP contribution in [0.15, 0.2) is 47.1 Å². The molecule has 1 atom stereocenters. The molecule has 1 unspecified atom stereocenters. The molecule has 0 saturated carbocycles. The topological polar surface area (TPSA) is 74.6 Å². The molecule has 4 heteroatoms. The van der Waals surface area contributed by atoms with Crippen molar-refractivity contribution in [3.05, 3.63) is 47.1 Å². The Morgan fingerprint density at radius 3 is 2.41 bits per heavy atom. The van der Waals surface area contributed by atoms with Gasteiger partial charge in [0.15, 0.2) is 0 Å². The molecule has 0 aromatic rings. The van der Waals surface area contributed by atoms with Crippen molar-refractivity contribution in [1.29, 1.82) is 0 Å². The summed E-state index contributed by atoms with van der Waals surface area (Å²) in [5.74, 6) is -1.96. The zero-order valence-corrected chi connectivity index (χ0v) is 12.6. The predicted molar refractivity (Wildman–Crippen MR) is 84.5 cm³/mol. The van der Waals surface area contributed by atoms with Gasteiger partial charge in [-0.1, -0.05) is 56.1 Å². The first-order valence-electron chi connectivity index (χ1n) is 7.85. The highest BCUT2D eigenvalue weighted by atomic mass is 16.4. The number of rotatable bonds is 10. The van der Waals surface area contributed by atoms with Gasteiger partial charge in [-0.25, -0.2) is 0 Å². The minimum Gasteiger partial charge on any atom is -0.481 e. The summed E-state index contributed by atoms with van der Waals surface area (Å²) in [5, 5.41) is 18.0. The molecule has 0 radical (unpaired) electrons. The zero-order valence-electron chi connectivity index (χ0n) is 12.6. The fourth-order valence-electron chi connectivity index (χ4n) is 2.98. The van der Waals surface area contributed by atoms with Gasteiger partial charge in [-0.05, 0) is 29.6 Å². The fourth-order valence-corrected chi connectivity index (χ4v) is 2.98. The molecule has 0 spiro atoms. The summed E-state index contributed by atoms with van der Waals surface area (Å²) in [6.45, 7) is 0. The lowest BCUT2D eigenvalue weighted by Crippen LogP contribution is -2.16. The highest BCUT2D eigenvalue weighted by Crippen LogP contribution is 2.37. The van der Waals surface area contributed by atoms with Crippen LogP contribution in [0.4, 0.5) is 0 Å². The lowest BCUT2D eigenvalue weighted by molar-refractivity contribution is -0.140. The molecule has 0 bridgehead atoms. The van der Waals surface area contributed by atoms with Gasteiger partial charge in [0, 0.05) is 6.42 Å². The summed E-state index contributed by atoms with van der Waals surface area (Å²) >= 11 is 0. The van der Waals surface area contributed by atoms with Crippen LogP contribution in [0.25, 0.3) is 0 Å². The largest absolute Gasteiger partial charge is 0.481 e. The number of aliphatic carboxylic acids is 2. The number of hydrogen-bond donors (Lipinski definition) is 2. The fraction of sp³-hybridized carbons (Fsp3) is 0.444. The van der Waals surface area contributed by atoms with E-state index >= 15 is 0 Å². The van der Waals surface area contributed by atoms with Crippen molar-refractivity contribution in [3.63, 3.8) is 0 Å². The molecule has 0 amide bonds. The molecule has 0 aromatic heterocycles. The SMILES string of the molecule is O=C(O)CCCCCCCC(C(=O)O)C1=CC=C2C=CC=C21. The smallest absolute Gasteiger partial charge is 0.310 e. The first-order chi connectivity index (χ1) is 10.6. The van der Waals surface area contributed by atoms with Crippen molar-refractivity contribution in [2.45, 2.75) is 44.9 Å². The Bertz CT molecular complexity index is 564. The van der Waals surface area contributed by atoms with E-state index in [0.717, 1.165) is 42.4 Å². The molecule has 4 nitrogen and oxygen atoms in total. The van der Waals surface area contributed by atoms with E-state index in [-0.39, 0.29) is 6.42 Å². The molecule has 118 valence electrons. The monoisotopic (exact) mass is 302 g/mol. The number of fused-ring (bicyclic) bond motifs is 1. The van der Waals surface area contributed by atoms with Gasteiger partial charge in [-0.2, -0.15) is 0 Å². The van der Waals surface area contributed by atoms with Crippen molar-refractivity contribution in [2.24, 2.45) is 5.92 Å². The van der Waals surface area contributed by atoms with E-state index in [2.05, 4.69) is 0 Å². The third-order valence-corrected chi connectivity index (χ3v) is 4.16. The number of carbonyl (C=O) groups is 2. The Kier molecular flexibility index (Phi) is 5.75. The number of allylic oxidation sites excluding steroid dienone is 7. The number of carboxylic acids is 2. The van der Waals surface area contributed by atoms with Gasteiger partial charge in [-0.15, -0.1) is 0 Å². The summed E-state index contributed by atoms with van der Waals surface area (Å²) in [7, 11) is 0. The highest BCUT2D eigenvalue weighted by molar-refractivity contribution is 5.79. The van der Waals surface area contributed by atoms with E-state index in [0.29, 0.717) is 12.8 Å². The first-order valence-corrected chi connectivity index (χ1v) is 7.85. The average Bonchev–Trinajstić information content (AvgIpc) is 3.04. The van der Waals surface area contributed by atoms with Crippen LogP contribution >= 0.6 is 0 Å². The minimum atomic E-state index is -0.764. The normalized spacial score (nSPS) is 16.8. The Morgan fingerprint density at radius 2 is 1.68 bits per heavy atom. The van der Waals surface area contributed by atoms with Gasteiger partial charge in [0.25, 0.3) is 0 Å². The molecule has 0 aromatic carbocycles. The maximum Gasteiger partial charge on any atom is 0.310 e. The third-order valence-electron chi connectivity index (χ3n) is 4.16. The second kappa shape index (κ2) is 7.78. The van der Waals surface area contributed by atoms with Crippen molar-refractivity contribution in [2.75, 3.05) is 0 Å². The quantitative estimate of drug-likeness (QED) is 0.601. The zero-order chi connectivity index (χ0) is 15.9. The third kappa shape index (κ3) is 4.20. The Hall–Kier alpha value is -2.10. The summed E-state index contributed by atoms with van der Waals surface area (Å²) in [6, 6.07) is 0. The van der Waals surface area contributed by atoms with Crippen LogP contribution in [-0.2, 0) is 9.59 Å². The summed E-state index contributed by atoms with van der Waals surface area (Å²) in [6.07, 6.45) is 15.1. The van der Waals surface area contributed by atoms with E-state index in [9.17, 15) is 14.7 Å². The molecule has 0 aliphatic heterocycles. The average molecular weight is 302 g/mol. The number of unbranched alkanes of at least 4 members (excludes halogenated alkanes) is 4. The van der Waals surface area contributed by atoms with Crippen LogP contribution in [0.5, 0.6) is 0 Å². The second-order valence-electron chi connectivity index (χ2n) is 5.77. The molecule has 0 heterocycles. The maximum atomic E-state index is 11.5. The van der Waals surface area contributed by atoms with Gasteiger partial charge in [0.2, 0.25) is 0 Å². The van der Waals surface area contributed by atoms with Crippen LogP contribution in [0.3, 0.4) is 0 Å². The van der Waals surface area contributed by atoms with Gasteiger partial charge in [-0.3, -0.25) is 9.59 Å². The van der Waals surface area contributed by atoms with Crippen LogP contribution in [0.2, 0.25) is 0 Å². The number of carboxylic acid groups (broad SMARTS) is 2. The molecular weight excluding hydrogens is 280 g/mol. The summed E-state index contributed by atoms with van der Waals surface area (Å²) in [4.78, 5) is 21.9. The molecule has 2 rings (SSSR count). The van der Waals surface area contributed by atoms with Crippen molar-refractivity contribution >= 4 is 11.9 Å². The molecule has 22 heavy (non-hydrogen) atoms. The van der Waals surface area contributed by atoms with Gasteiger partial charge in [0.1, 0.15) is 0 Å². The molecule has 2 aliphatic carbocycles. The van der Waals surface area contributed by atoms with E-state index in [4.69, 9.17) is 5.11 Å². The van der Waals surface area contributed by atoms with Crippen LogP contribution in [0, 0.1) is 5.92 Å². The number of hydrogen-bond acceptors (Lipinski definition) is 2. The Labute approximate surface area is 130 Å². The lowest BCUT2D eigenvalue weighted by atomic mass is 9.88. The predicted octanol–water partition coefficient (Wildman–Crippen LogP) is 3.87. The molecule has 0 fully saturated rings. The first kappa shape index (κ1) is 16.3. The van der Waals surface area contributed by atoms with Crippen molar-refractivity contribution in [1.82, 2.24) is 0 Å². The van der Waals surface area contributed by atoms with Gasteiger partial charge < -0.3 is 10.2 Å². The van der Waals surface area contributed by atoms with Crippen molar-refractivity contribution < 1.29 is 19.8 Å². The maximum absolute atomic E-state index is 11.5. The summed E-state index contributed by atoms with van der Waals surface area (Å²) in [5.41, 5.74) is 3.07. The van der Waals surface area contributed by atoms with E-state index in [1.54, 1.807) is 0 Å². The second-order valence-corrected chi connectivity index (χ2v) is 5.77. The van der Waals surface area contributed by atoms with Crippen LogP contribution in [0.1, 0.15) is 44.9 Å². The highest BCUT2D eigenvalue weighted by Gasteiger charge is 2.28. The van der Waals surface area contributed by atoms with E-state index in [1.165, 1.54) is 0 Å². The lowest BCUT2D eigenvalue weighted by Gasteiger charge is -2.15. The van der Waals surface area contributed by atoms with Gasteiger partial charge in [0.05, 0.1) is 5.92 Å². The van der Waals surface area contributed by atoms with Gasteiger partial charge >= 0.3 is 11.9 Å². The molecule has 2 aliphatic rings. The standard InChI is InChI=1S/C18H22O4/c19-17(20)10-5-3-1-2-4-8-16(18(21)22)15-12-11-13-7-6-9-14(13)15/h6-7,9,11-12,16H,1-5,8,10H2,(H,19,20)(H,21,22). The Morgan fingerprint density at radius 1 is 0.955 bits per heavy atom. The van der Waals surface area contributed by atoms with E-state index < -0.39 is 17.9 Å². The van der Waals surface area contributed by atoms with Crippen LogP contribution < -0.4 is 0 Å². The summed E-state index contributed by atoms with van der Waals surface area (Å²) < 4.78 is 0.